The van der Waals surface area contributed by atoms with E-state index in [1.165, 1.54) is 49.0 Å². The van der Waals surface area contributed by atoms with E-state index in [0.717, 1.165) is 12.5 Å². The van der Waals surface area contributed by atoms with Crippen molar-refractivity contribution >= 4 is 11.8 Å². The van der Waals surface area contributed by atoms with Gasteiger partial charge in [-0.15, -0.1) is 11.8 Å². The van der Waals surface area contributed by atoms with Crippen molar-refractivity contribution in [3.05, 3.63) is 29.8 Å². The third-order valence-electron chi connectivity index (χ3n) is 4.03. The van der Waals surface area contributed by atoms with Gasteiger partial charge in [0.15, 0.2) is 0 Å². The van der Waals surface area contributed by atoms with E-state index < -0.39 is 0 Å². The van der Waals surface area contributed by atoms with Crippen LogP contribution in [-0.2, 0) is 0 Å². The number of aryl methyl sites for hydroxylation is 1. The van der Waals surface area contributed by atoms with E-state index in [9.17, 15) is 0 Å². The van der Waals surface area contributed by atoms with Gasteiger partial charge < -0.3 is 5.73 Å². The molecular weight excluding hydrogens is 238 g/mol. The lowest BCUT2D eigenvalue weighted by Gasteiger charge is -2.25. The van der Waals surface area contributed by atoms with E-state index in [0.29, 0.717) is 5.25 Å². The van der Waals surface area contributed by atoms with Crippen molar-refractivity contribution in [3.8, 4) is 0 Å². The van der Waals surface area contributed by atoms with E-state index in [4.69, 9.17) is 5.73 Å². The van der Waals surface area contributed by atoms with E-state index in [1.54, 1.807) is 0 Å². The van der Waals surface area contributed by atoms with Crippen molar-refractivity contribution < 1.29 is 0 Å². The second kappa shape index (κ2) is 7.20. The predicted molar refractivity (Wildman–Crippen MR) is 81.1 cm³/mol. The molecule has 1 unspecified atom stereocenters. The Morgan fingerprint density at radius 2 is 1.83 bits per heavy atom. The molecule has 0 amide bonds. The summed E-state index contributed by atoms with van der Waals surface area (Å²) >= 11 is 2.01. The fraction of sp³-hybridized carbons (Fsp3) is 0.625. The van der Waals surface area contributed by atoms with E-state index in [1.807, 2.05) is 11.8 Å². The van der Waals surface area contributed by atoms with Crippen LogP contribution in [-0.4, -0.2) is 11.8 Å². The van der Waals surface area contributed by atoms with Gasteiger partial charge in [-0.3, -0.25) is 0 Å². The maximum absolute atomic E-state index is 6.03. The summed E-state index contributed by atoms with van der Waals surface area (Å²) in [7, 11) is 0. The Hall–Kier alpha value is -0.470. The molecule has 1 aromatic carbocycles. The van der Waals surface area contributed by atoms with Gasteiger partial charge in [-0.2, -0.15) is 0 Å². The Balaban J connectivity index is 2.02. The summed E-state index contributed by atoms with van der Waals surface area (Å²) in [6.07, 6.45) is 8.39. The van der Waals surface area contributed by atoms with Crippen LogP contribution in [0.2, 0.25) is 0 Å². The minimum Gasteiger partial charge on any atom is -0.329 e. The minimum atomic E-state index is 0.601. The molecule has 1 saturated carbocycles. The smallest absolute Gasteiger partial charge is 0.0245 e. The molecule has 100 valence electrons. The fourth-order valence-electron chi connectivity index (χ4n) is 2.87. The number of rotatable bonds is 4. The largest absolute Gasteiger partial charge is 0.329 e. The molecule has 0 aliphatic heterocycles. The maximum atomic E-state index is 6.03. The van der Waals surface area contributed by atoms with Crippen LogP contribution in [0.4, 0.5) is 0 Å². The Bertz CT molecular complexity index is 356. The van der Waals surface area contributed by atoms with Crippen molar-refractivity contribution in [2.24, 2.45) is 11.7 Å². The third-order valence-corrected chi connectivity index (χ3v) is 5.62. The molecule has 1 aromatic rings. The van der Waals surface area contributed by atoms with E-state index >= 15 is 0 Å². The molecule has 0 heterocycles. The molecule has 2 rings (SSSR count). The summed E-state index contributed by atoms with van der Waals surface area (Å²) in [6, 6.07) is 8.68. The second-order valence-electron chi connectivity index (χ2n) is 5.41. The van der Waals surface area contributed by atoms with Crippen LogP contribution in [0.5, 0.6) is 0 Å². The van der Waals surface area contributed by atoms with Crippen molar-refractivity contribution in [2.45, 2.75) is 55.6 Å². The van der Waals surface area contributed by atoms with Gasteiger partial charge in [0, 0.05) is 16.7 Å². The zero-order valence-electron chi connectivity index (χ0n) is 11.4. The highest BCUT2D eigenvalue weighted by molar-refractivity contribution is 8.00. The second-order valence-corrected chi connectivity index (χ2v) is 6.69. The Morgan fingerprint density at radius 3 is 2.44 bits per heavy atom. The number of thioether (sulfide) groups is 1. The molecule has 1 nitrogen and oxygen atoms in total. The molecule has 0 spiro atoms. The lowest BCUT2D eigenvalue weighted by molar-refractivity contribution is 0.445. The standard InChI is InChI=1S/C16H25NS/c1-13-8-6-7-11-15(13)18-16(12-17)14-9-4-2-3-5-10-14/h6-8,11,14,16H,2-5,9-10,12,17H2,1H3. The summed E-state index contributed by atoms with van der Waals surface area (Å²) < 4.78 is 0. The Labute approximate surface area is 116 Å². The minimum absolute atomic E-state index is 0.601. The van der Waals surface area contributed by atoms with Crippen molar-refractivity contribution in [1.29, 1.82) is 0 Å². The van der Waals surface area contributed by atoms with Gasteiger partial charge in [0.2, 0.25) is 0 Å². The molecule has 2 heteroatoms. The molecule has 1 aliphatic carbocycles. The van der Waals surface area contributed by atoms with Crippen molar-refractivity contribution in [3.63, 3.8) is 0 Å². The topological polar surface area (TPSA) is 26.0 Å². The Kier molecular flexibility index (Phi) is 5.58. The summed E-state index contributed by atoms with van der Waals surface area (Å²) in [5.41, 5.74) is 7.42. The van der Waals surface area contributed by atoms with Gasteiger partial charge in [0.25, 0.3) is 0 Å². The molecular formula is C16H25NS. The molecule has 0 aromatic heterocycles. The lowest BCUT2D eigenvalue weighted by Crippen LogP contribution is -2.26. The monoisotopic (exact) mass is 263 g/mol. The molecule has 1 fully saturated rings. The van der Waals surface area contributed by atoms with Crippen LogP contribution in [0, 0.1) is 12.8 Å². The van der Waals surface area contributed by atoms with Gasteiger partial charge >= 0.3 is 0 Å². The van der Waals surface area contributed by atoms with Crippen molar-refractivity contribution in [1.82, 2.24) is 0 Å². The van der Waals surface area contributed by atoms with Gasteiger partial charge in [-0.05, 0) is 37.3 Å². The summed E-state index contributed by atoms with van der Waals surface area (Å²) in [5, 5.41) is 0.601. The molecule has 18 heavy (non-hydrogen) atoms. The van der Waals surface area contributed by atoms with Crippen LogP contribution in [0.15, 0.2) is 29.2 Å². The lowest BCUT2D eigenvalue weighted by atomic mass is 9.96. The predicted octanol–water partition coefficient (Wildman–Crippen LogP) is 4.38. The van der Waals surface area contributed by atoms with Crippen LogP contribution in [0.25, 0.3) is 0 Å². The first-order valence-electron chi connectivity index (χ1n) is 7.23. The van der Waals surface area contributed by atoms with Gasteiger partial charge in [0.05, 0.1) is 0 Å². The number of nitrogens with two attached hydrogens (primary N) is 1. The zero-order valence-corrected chi connectivity index (χ0v) is 12.2. The molecule has 0 saturated heterocycles. The van der Waals surface area contributed by atoms with Gasteiger partial charge in [0.1, 0.15) is 0 Å². The van der Waals surface area contributed by atoms with E-state index in [-0.39, 0.29) is 0 Å². The zero-order chi connectivity index (χ0) is 12.8. The summed E-state index contributed by atoms with van der Waals surface area (Å²) in [5.74, 6) is 0.821. The first kappa shape index (κ1) is 14.0. The van der Waals surface area contributed by atoms with Crippen LogP contribution in [0.1, 0.15) is 44.1 Å². The van der Waals surface area contributed by atoms with Crippen LogP contribution >= 0.6 is 11.8 Å². The SMILES string of the molecule is Cc1ccccc1SC(CN)C1CCCCCC1. The van der Waals surface area contributed by atoms with Crippen LogP contribution < -0.4 is 5.73 Å². The molecule has 0 radical (unpaired) electrons. The number of hydrogen-bond acceptors (Lipinski definition) is 2. The third kappa shape index (κ3) is 3.76. The van der Waals surface area contributed by atoms with Crippen molar-refractivity contribution in [2.75, 3.05) is 6.54 Å². The number of hydrogen-bond donors (Lipinski definition) is 1. The van der Waals surface area contributed by atoms with Crippen LogP contribution in [0.3, 0.4) is 0 Å². The molecule has 2 N–H and O–H groups in total. The fourth-order valence-corrected chi connectivity index (χ4v) is 4.17. The van der Waals surface area contributed by atoms with Gasteiger partial charge in [-0.1, -0.05) is 43.9 Å². The quantitative estimate of drug-likeness (QED) is 0.644. The summed E-state index contributed by atoms with van der Waals surface area (Å²) in [6.45, 7) is 3.01. The molecule has 1 aliphatic rings. The first-order valence-corrected chi connectivity index (χ1v) is 8.11. The highest BCUT2D eigenvalue weighted by Gasteiger charge is 2.22. The average molecular weight is 263 g/mol. The molecule has 0 bridgehead atoms. The highest BCUT2D eigenvalue weighted by atomic mass is 32.2. The molecule has 1 atom stereocenters. The van der Waals surface area contributed by atoms with E-state index in [2.05, 4.69) is 31.2 Å². The number of benzene rings is 1. The highest BCUT2D eigenvalue weighted by Crippen LogP contribution is 2.36. The van der Waals surface area contributed by atoms with Gasteiger partial charge in [-0.25, -0.2) is 0 Å². The summed E-state index contributed by atoms with van der Waals surface area (Å²) in [4.78, 5) is 1.41. The Morgan fingerprint density at radius 1 is 1.17 bits per heavy atom. The average Bonchev–Trinajstić information content (AvgIpc) is 2.67. The normalized spacial score (nSPS) is 19.4. The maximum Gasteiger partial charge on any atom is 0.0245 e. The first-order chi connectivity index (χ1) is 8.81.